The molecule has 0 spiro atoms. The van der Waals surface area contributed by atoms with Gasteiger partial charge in [0.05, 0.1) is 12.4 Å². The molecular weight excluding hydrogens is 268 g/mol. The van der Waals surface area contributed by atoms with Crippen molar-refractivity contribution in [1.29, 1.82) is 0 Å². The highest BCUT2D eigenvalue weighted by Gasteiger charge is 2.21. The Hall–Kier alpha value is -1.60. The second kappa shape index (κ2) is 5.58. The number of ether oxygens (including phenoxy) is 1. The molecular formula is C12H16N2O4S. The van der Waals surface area contributed by atoms with E-state index >= 15 is 0 Å². The van der Waals surface area contributed by atoms with E-state index in [2.05, 4.69) is 4.98 Å². The number of nitrogens with two attached hydrogens (primary N) is 1. The fourth-order valence-electron chi connectivity index (χ4n) is 1.56. The summed E-state index contributed by atoms with van der Waals surface area (Å²) < 4.78 is 34.4. The Morgan fingerprint density at radius 3 is 2.89 bits per heavy atom. The molecule has 0 radical (unpaired) electrons. The Kier molecular flexibility index (Phi) is 4.06. The van der Waals surface area contributed by atoms with Gasteiger partial charge >= 0.3 is 5.22 Å². The van der Waals surface area contributed by atoms with Gasteiger partial charge in [-0.3, -0.25) is 0 Å². The molecule has 1 heterocycles. The summed E-state index contributed by atoms with van der Waals surface area (Å²) in [5.41, 5.74) is 6.96. The van der Waals surface area contributed by atoms with E-state index in [0.717, 1.165) is 6.42 Å². The lowest BCUT2D eigenvalue weighted by molar-refractivity contribution is 0.149. The molecule has 2 aromatic rings. The number of anilines is 1. The van der Waals surface area contributed by atoms with Crippen LogP contribution in [0.3, 0.4) is 0 Å². The number of rotatable bonds is 6. The predicted molar refractivity (Wildman–Crippen MR) is 71.6 cm³/mol. The van der Waals surface area contributed by atoms with Crippen molar-refractivity contribution in [2.24, 2.45) is 0 Å². The number of benzene rings is 1. The quantitative estimate of drug-likeness (QED) is 0.639. The van der Waals surface area contributed by atoms with Crippen LogP contribution in [-0.4, -0.2) is 32.4 Å². The second-order valence-corrected chi connectivity index (χ2v) is 6.13. The minimum absolute atomic E-state index is 0.136. The highest BCUT2D eigenvalue weighted by atomic mass is 32.2. The number of hydrogen-bond acceptors (Lipinski definition) is 6. The third kappa shape index (κ3) is 3.24. The first-order chi connectivity index (χ1) is 9.03. The van der Waals surface area contributed by atoms with E-state index in [1.165, 1.54) is 0 Å². The highest BCUT2D eigenvalue weighted by molar-refractivity contribution is 7.91. The van der Waals surface area contributed by atoms with Crippen molar-refractivity contribution in [3.05, 3.63) is 18.2 Å². The molecule has 6 nitrogen and oxygen atoms in total. The minimum Gasteiger partial charge on any atom is -0.428 e. The predicted octanol–water partition coefficient (Wildman–Crippen LogP) is 1.61. The van der Waals surface area contributed by atoms with Crippen molar-refractivity contribution in [3.8, 4) is 0 Å². The number of nitrogens with zero attached hydrogens (tertiary/aromatic N) is 1. The molecule has 0 bridgehead atoms. The van der Waals surface area contributed by atoms with E-state index in [1.54, 1.807) is 18.2 Å². The van der Waals surface area contributed by atoms with Crippen LogP contribution in [0.2, 0.25) is 0 Å². The summed E-state index contributed by atoms with van der Waals surface area (Å²) in [6.45, 7) is 2.64. The van der Waals surface area contributed by atoms with Gasteiger partial charge in [0, 0.05) is 12.3 Å². The maximum absolute atomic E-state index is 12.0. The summed E-state index contributed by atoms with van der Waals surface area (Å²) in [7, 11) is -3.56. The molecule has 0 aliphatic rings. The zero-order valence-electron chi connectivity index (χ0n) is 10.6. The maximum Gasteiger partial charge on any atom is 0.316 e. The van der Waals surface area contributed by atoms with Crippen molar-refractivity contribution in [1.82, 2.24) is 4.98 Å². The Balaban J connectivity index is 2.18. The van der Waals surface area contributed by atoms with Crippen LogP contribution >= 0.6 is 0 Å². The number of hydrogen-bond donors (Lipinski definition) is 1. The largest absolute Gasteiger partial charge is 0.428 e. The Bertz CT molecular complexity index is 663. The number of aromatic nitrogens is 1. The SMILES string of the molecule is CCCOCCS(=O)(=O)c1nc2cc(N)ccc2o1. The van der Waals surface area contributed by atoms with Crippen LogP contribution in [0.15, 0.2) is 27.8 Å². The van der Waals surface area contributed by atoms with Crippen LogP contribution < -0.4 is 5.73 Å². The average molecular weight is 284 g/mol. The lowest BCUT2D eigenvalue weighted by Crippen LogP contribution is -2.13. The van der Waals surface area contributed by atoms with Crippen LogP contribution in [0.5, 0.6) is 0 Å². The van der Waals surface area contributed by atoms with Gasteiger partial charge in [0.2, 0.25) is 9.84 Å². The number of nitrogen functional groups attached to an aromatic ring is 1. The lowest BCUT2D eigenvalue weighted by atomic mass is 10.3. The number of oxazole rings is 1. The van der Waals surface area contributed by atoms with Crippen LogP contribution in [-0.2, 0) is 14.6 Å². The van der Waals surface area contributed by atoms with E-state index in [-0.39, 0.29) is 17.6 Å². The topological polar surface area (TPSA) is 95.4 Å². The molecule has 0 fully saturated rings. The van der Waals surface area contributed by atoms with Crippen molar-refractivity contribution >= 4 is 26.6 Å². The molecule has 0 aliphatic carbocycles. The Labute approximate surface area is 111 Å². The van der Waals surface area contributed by atoms with E-state index in [0.29, 0.717) is 23.4 Å². The molecule has 1 aromatic carbocycles. The Morgan fingerprint density at radius 1 is 1.37 bits per heavy atom. The van der Waals surface area contributed by atoms with Crippen LogP contribution in [0, 0.1) is 0 Å². The van der Waals surface area contributed by atoms with Crippen molar-refractivity contribution in [3.63, 3.8) is 0 Å². The summed E-state index contributed by atoms with van der Waals surface area (Å²) in [6, 6.07) is 4.81. The fourth-order valence-corrected chi connectivity index (χ4v) is 2.52. The van der Waals surface area contributed by atoms with Gasteiger partial charge in [0.15, 0.2) is 5.58 Å². The van der Waals surface area contributed by atoms with Gasteiger partial charge in [-0.15, -0.1) is 0 Å². The van der Waals surface area contributed by atoms with Gasteiger partial charge in [0.1, 0.15) is 5.52 Å². The van der Waals surface area contributed by atoms with E-state index < -0.39 is 9.84 Å². The van der Waals surface area contributed by atoms with Gasteiger partial charge in [-0.05, 0) is 24.6 Å². The summed E-state index contributed by atoms with van der Waals surface area (Å²) in [5.74, 6) is -0.144. The molecule has 1 aromatic heterocycles. The second-order valence-electron chi connectivity index (χ2n) is 4.14. The summed E-state index contributed by atoms with van der Waals surface area (Å²) in [5, 5.41) is -0.284. The Morgan fingerprint density at radius 2 is 2.16 bits per heavy atom. The molecule has 7 heteroatoms. The van der Waals surface area contributed by atoms with Crippen molar-refractivity contribution in [2.75, 3.05) is 24.7 Å². The molecule has 0 amide bonds. The first kappa shape index (κ1) is 13.8. The molecule has 104 valence electrons. The molecule has 0 saturated heterocycles. The smallest absolute Gasteiger partial charge is 0.316 e. The van der Waals surface area contributed by atoms with Crippen LogP contribution in [0.4, 0.5) is 5.69 Å². The molecule has 2 N–H and O–H groups in total. The van der Waals surface area contributed by atoms with E-state index in [1.807, 2.05) is 6.92 Å². The third-order valence-electron chi connectivity index (χ3n) is 2.50. The molecule has 0 unspecified atom stereocenters. The van der Waals surface area contributed by atoms with Crippen molar-refractivity contribution in [2.45, 2.75) is 18.6 Å². The highest BCUT2D eigenvalue weighted by Crippen LogP contribution is 2.21. The van der Waals surface area contributed by atoms with Gasteiger partial charge in [-0.25, -0.2) is 8.42 Å². The molecule has 0 saturated carbocycles. The van der Waals surface area contributed by atoms with Gasteiger partial charge < -0.3 is 14.9 Å². The summed E-state index contributed by atoms with van der Waals surface area (Å²) in [6.07, 6.45) is 0.849. The average Bonchev–Trinajstić information content (AvgIpc) is 2.78. The standard InChI is InChI=1S/C12H16N2O4S/c1-2-5-17-6-7-19(15,16)12-14-10-8-9(13)3-4-11(10)18-12/h3-4,8H,2,5-7,13H2,1H3. The van der Waals surface area contributed by atoms with Gasteiger partial charge in [-0.1, -0.05) is 6.92 Å². The van der Waals surface area contributed by atoms with Crippen molar-refractivity contribution < 1.29 is 17.6 Å². The fraction of sp³-hybridized carbons (Fsp3) is 0.417. The zero-order chi connectivity index (χ0) is 13.9. The summed E-state index contributed by atoms with van der Waals surface area (Å²) >= 11 is 0. The molecule has 19 heavy (non-hydrogen) atoms. The third-order valence-corrected chi connectivity index (χ3v) is 3.91. The van der Waals surface area contributed by atoms with E-state index in [4.69, 9.17) is 14.9 Å². The minimum atomic E-state index is -3.56. The number of fused-ring (bicyclic) bond motifs is 1. The first-order valence-corrected chi connectivity index (χ1v) is 7.65. The first-order valence-electron chi connectivity index (χ1n) is 5.99. The van der Waals surface area contributed by atoms with E-state index in [9.17, 15) is 8.42 Å². The monoisotopic (exact) mass is 284 g/mol. The van der Waals surface area contributed by atoms with Crippen LogP contribution in [0.25, 0.3) is 11.1 Å². The molecule has 0 aliphatic heterocycles. The van der Waals surface area contributed by atoms with Gasteiger partial charge in [0.25, 0.3) is 0 Å². The lowest BCUT2D eigenvalue weighted by Gasteiger charge is -2.01. The van der Waals surface area contributed by atoms with Crippen LogP contribution in [0.1, 0.15) is 13.3 Å². The maximum atomic E-state index is 12.0. The molecule has 0 atom stereocenters. The van der Waals surface area contributed by atoms with Gasteiger partial charge in [-0.2, -0.15) is 4.98 Å². The summed E-state index contributed by atoms with van der Waals surface area (Å²) in [4.78, 5) is 3.95. The molecule has 2 rings (SSSR count). The zero-order valence-corrected chi connectivity index (χ0v) is 11.4. The normalized spacial score (nSPS) is 12.1. The number of sulfone groups is 1.